The third-order valence-corrected chi connectivity index (χ3v) is 3.09. The molecule has 1 saturated heterocycles. The number of amides is 2. The molecular weight excluding hydrogens is 298 g/mol. The molecule has 1 aliphatic heterocycles. The van der Waals surface area contributed by atoms with Crippen molar-refractivity contribution in [3.8, 4) is 6.07 Å². The van der Waals surface area contributed by atoms with E-state index in [1.807, 2.05) is 6.07 Å². The summed E-state index contributed by atoms with van der Waals surface area (Å²) in [4.78, 5) is 24.0. The summed E-state index contributed by atoms with van der Waals surface area (Å²) < 4.78 is 0. The number of nitriles is 1. The van der Waals surface area contributed by atoms with Crippen LogP contribution in [0.5, 0.6) is 0 Å². The molecule has 0 atom stereocenters. The average molecular weight is 306 g/mol. The van der Waals surface area contributed by atoms with Gasteiger partial charge in [0.05, 0.1) is 5.57 Å². The Kier molecular flexibility index (Phi) is 4.13. The second kappa shape index (κ2) is 5.82. The molecule has 0 bridgehead atoms. The molecule has 1 aliphatic rings. The first-order chi connectivity index (χ1) is 9.51. The molecule has 0 radical (unpaired) electrons. The van der Waals surface area contributed by atoms with Crippen molar-refractivity contribution in [2.75, 3.05) is 0 Å². The number of allylic oxidation sites excluding steroid dienone is 1. The lowest BCUT2D eigenvalue weighted by atomic mass is 10.1. The molecule has 2 amide bonds. The molecule has 0 unspecified atom stereocenters. The van der Waals surface area contributed by atoms with Crippen molar-refractivity contribution in [2.24, 2.45) is 0 Å². The van der Waals surface area contributed by atoms with Gasteiger partial charge in [-0.2, -0.15) is 5.26 Å². The maximum atomic E-state index is 11.8. The van der Waals surface area contributed by atoms with Crippen LogP contribution in [0.2, 0.25) is 5.02 Å². The van der Waals surface area contributed by atoms with E-state index in [2.05, 4.69) is 5.32 Å². The van der Waals surface area contributed by atoms with Crippen LogP contribution in [0.25, 0.3) is 5.57 Å². The van der Waals surface area contributed by atoms with Crippen molar-refractivity contribution in [3.05, 3.63) is 41.1 Å². The minimum Gasteiger partial charge on any atom is -0.302 e. The van der Waals surface area contributed by atoms with Gasteiger partial charge >= 0.3 is 0 Å². The van der Waals surface area contributed by atoms with Gasteiger partial charge in [-0.1, -0.05) is 23.7 Å². The molecule has 2 rings (SSSR count). The molecule has 0 aromatic heterocycles. The molecule has 20 heavy (non-hydrogen) atoms. The van der Waals surface area contributed by atoms with E-state index in [4.69, 9.17) is 23.8 Å². The number of nitrogens with zero attached hydrogens (tertiary/aromatic N) is 2. The normalized spacial score (nSPS) is 15.9. The lowest BCUT2D eigenvalue weighted by molar-refractivity contribution is -0.133. The minimum absolute atomic E-state index is 0.0407. The molecule has 1 heterocycles. The lowest BCUT2D eigenvalue weighted by Crippen LogP contribution is -2.50. The monoisotopic (exact) mass is 305 g/mol. The van der Waals surface area contributed by atoms with Crippen molar-refractivity contribution >= 4 is 46.3 Å². The Morgan fingerprint density at radius 1 is 1.50 bits per heavy atom. The first kappa shape index (κ1) is 14.2. The van der Waals surface area contributed by atoms with Crippen LogP contribution in [-0.2, 0) is 9.59 Å². The predicted molar refractivity (Wildman–Crippen MR) is 77.2 cm³/mol. The van der Waals surface area contributed by atoms with E-state index in [9.17, 15) is 14.9 Å². The van der Waals surface area contributed by atoms with Crippen LogP contribution in [0, 0.1) is 11.3 Å². The van der Waals surface area contributed by atoms with E-state index in [-0.39, 0.29) is 17.1 Å². The molecule has 100 valence electrons. The molecule has 0 aliphatic carbocycles. The van der Waals surface area contributed by atoms with Crippen LogP contribution in [-0.4, -0.2) is 21.8 Å². The fourth-order valence-electron chi connectivity index (χ4n) is 1.64. The Bertz CT molecular complexity index is 658. The summed E-state index contributed by atoms with van der Waals surface area (Å²) in [6, 6.07) is 8.65. The van der Waals surface area contributed by atoms with Gasteiger partial charge in [0, 0.05) is 11.2 Å². The van der Waals surface area contributed by atoms with Gasteiger partial charge in [-0.15, -0.1) is 0 Å². The molecule has 1 aromatic rings. The predicted octanol–water partition coefficient (Wildman–Crippen LogP) is 1.84. The summed E-state index contributed by atoms with van der Waals surface area (Å²) in [7, 11) is 0. The zero-order valence-corrected chi connectivity index (χ0v) is 11.7. The molecule has 1 aromatic carbocycles. The zero-order valence-electron chi connectivity index (χ0n) is 10.1. The van der Waals surface area contributed by atoms with Crippen LogP contribution in [0.4, 0.5) is 0 Å². The standard InChI is InChI=1S/C13H8ClN3O2S/c14-10-3-1-2-8(4-10)9(6-15)7-17-12(19)5-11(18)16-13(17)20/h1-4,7H,5H2,(H,16,18,20)/b9-7-. The summed E-state index contributed by atoms with van der Waals surface area (Å²) in [6.07, 6.45) is 1.00. The van der Waals surface area contributed by atoms with Gasteiger partial charge in [0.25, 0.3) is 0 Å². The quantitative estimate of drug-likeness (QED) is 0.514. The number of carbonyl (C=O) groups is 2. The van der Waals surface area contributed by atoms with Gasteiger partial charge in [-0.3, -0.25) is 14.5 Å². The summed E-state index contributed by atoms with van der Waals surface area (Å²) in [5.41, 5.74) is 0.784. The summed E-state index contributed by atoms with van der Waals surface area (Å²) >= 11 is 10.8. The number of nitrogens with one attached hydrogen (secondary N) is 1. The molecule has 7 heteroatoms. The highest BCUT2D eigenvalue weighted by Gasteiger charge is 2.27. The Hall–Kier alpha value is -2.23. The van der Waals surface area contributed by atoms with Crippen molar-refractivity contribution in [1.82, 2.24) is 10.2 Å². The highest BCUT2D eigenvalue weighted by Crippen LogP contribution is 2.19. The van der Waals surface area contributed by atoms with E-state index in [0.717, 1.165) is 4.90 Å². The summed E-state index contributed by atoms with van der Waals surface area (Å²) in [5.74, 6) is -0.931. The third kappa shape index (κ3) is 3.02. The van der Waals surface area contributed by atoms with E-state index >= 15 is 0 Å². The number of rotatable bonds is 2. The molecule has 1 N–H and O–H groups in total. The zero-order chi connectivity index (χ0) is 14.7. The molecular formula is C13H8ClN3O2S. The fraction of sp³-hybridized carbons (Fsp3) is 0.0769. The fourth-order valence-corrected chi connectivity index (χ4v) is 2.10. The van der Waals surface area contributed by atoms with E-state index < -0.39 is 11.8 Å². The second-order valence-corrected chi connectivity index (χ2v) is 4.78. The van der Waals surface area contributed by atoms with Crippen LogP contribution in [0.3, 0.4) is 0 Å². The van der Waals surface area contributed by atoms with Gasteiger partial charge < -0.3 is 5.32 Å². The van der Waals surface area contributed by atoms with Gasteiger partial charge in [0.1, 0.15) is 12.5 Å². The van der Waals surface area contributed by atoms with Crippen LogP contribution in [0.1, 0.15) is 12.0 Å². The Morgan fingerprint density at radius 3 is 2.85 bits per heavy atom. The smallest absolute Gasteiger partial charge is 0.242 e. The molecule has 0 saturated carbocycles. The number of carbonyl (C=O) groups excluding carboxylic acids is 2. The number of halogens is 1. The maximum absolute atomic E-state index is 11.8. The Morgan fingerprint density at radius 2 is 2.25 bits per heavy atom. The topological polar surface area (TPSA) is 73.2 Å². The van der Waals surface area contributed by atoms with Crippen molar-refractivity contribution < 1.29 is 9.59 Å². The largest absolute Gasteiger partial charge is 0.302 e. The highest BCUT2D eigenvalue weighted by molar-refractivity contribution is 7.80. The van der Waals surface area contributed by atoms with Crippen LogP contribution >= 0.6 is 23.8 Å². The van der Waals surface area contributed by atoms with Gasteiger partial charge in [0.15, 0.2) is 5.11 Å². The van der Waals surface area contributed by atoms with Gasteiger partial charge in [-0.25, -0.2) is 0 Å². The SMILES string of the molecule is N#C/C(=C/N1C(=O)CC(=O)NC1=S)c1cccc(Cl)c1. The third-order valence-electron chi connectivity index (χ3n) is 2.56. The van der Waals surface area contributed by atoms with Crippen molar-refractivity contribution in [1.29, 1.82) is 5.26 Å². The average Bonchev–Trinajstić information content (AvgIpc) is 2.38. The Labute approximate surface area is 125 Å². The van der Waals surface area contributed by atoms with Gasteiger partial charge in [0.2, 0.25) is 11.8 Å². The van der Waals surface area contributed by atoms with Crippen molar-refractivity contribution in [2.45, 2.75) is 6.42 Å². The number of hydrogen-bond donors (Lipinski definition) is 1. The second-order valence-electron chi connectivity index (χ2n) is 3.96. The van der Waals surface area contributed by atoms with Crippen LogP contribution < -0.4 is 5.32 Å². The first-order valence-electron chi connectivity index (χ1n) is 5.55. The Balaban J connectivity index is 2.37. The molecule has 5 nitrogen and oxygen atoms in total. The van der Waals surface area contributed by atoms with Crippen molar-refractivity contribution in [3.63, 3.8) is 0 Å². The van der Waals surface area contributed by atoms with E-state index in [0.29, 0.717) is 10.6 Å². The maximum Gasteiger partial charge on any atom is 0.242 e. The molecule has 1 fully saturated rings. The van der Waals surface area contributed by atoms with Crippen LogP contribution in [0.15, 0.2) is 30.5 Å². The van der Waals surface area contributed by atoms with E-state index in [1.165, 1.54) is 6.20 Å². The first-order valence-corrected chi connectivity index (χ1v) is 6.33. The summed E-state index contributed by atoms with van der Waals surface area (Å²) in [6.45, 7) is 0. The lowest BCUT2D eigenvalue weighted by Gasteiger charge is -2.24. The summed E-state index contributed by atoms with van der Waals surface area (Å²) in [5, 5.41) is 12.0. The van der Waals surface area contributed by atoms with Gasteiger partial charge in [-0.05, 0) is 29.9 Å². The number of hydrogen-bond acceptors (Lipinski definition) is 4. The number of benzene rings is 1. The van der Waals surface area contributed by atoms with E-state index in [1.54, 1.807) is 24.3 Å². The minimum atomic E-state index is -0.478. The molecule has 0 spiro atoms. The highest BCUT2D eigenvalue weighted by atomic mass is 35.5. The number of thiocarbonyl (C=S) groups is 1.